The summed E-state index contributed by atoms with van der Waals surface area (Å²) in [6, 6.07) is 13.3. The van der Waals surface area contributed by atoms with Gasteiger partial charge in [0.1, 0.15) is 0 Å². The first kappa shape index (κ1) is 18.2. The molecule has 9 heteroatoms. The Hall–Kier alpha value is -3.59. The van der Waals surface area contributed by atoms with E-state index >= 15 is 0 Å². The predicted octanol–water partition coefficient (Wildman–Crippen LogP) is 1.90. The van der Waals surface area contributed by atoms with Crippen molar-refractivity contribution in [3.8, 4) is 5.82 Å². The molecule has 0 fully saturated rings. The molecule has 0 aliphatic carbocycles. The Labute approximate surface area is 156 Å². The number of nitroso groups, excluding NO2 is 1. The minimum Gasteiger partial charge on any atom is -0.382 e. The van der Waals surface area contributed by atoms with Crippen LogP contribution in [0, 0.1) is 4.91 Å². The van der Waals surface area contributed by atoms with E-state index in [2.05, 4.69) is 57.1 Å². The molecular weight excluding hydrogens is 344 g/mol. The molecule has 5 N–H and O–H groups in total. The summed E-state index contributed by atoms with van der Waals surface area (Å²) in [5, 5.41) is 11.3. The number of amidine groups is 1. The van der Waals surface area contributed by atoms with Gasteiger partial charge in [-0.15, -0.1) is 10.0 Å². The number of hydrazone groups is 1. The summed E-state index contributed by atoms with van der Waals surface area (Å²) >= 11 is 0. The summed E-state index contributed by atoms with van der Waals surface area (Å²) < 4.78 is 1.38. The Morgan fingerprint density at radius 3 is 2.59 bits per heavy atom. The molecule has 0 spiro atoms. The van der Waals surface area contributed by atoms with E-state index in [4.69, 9.17) is 11.6 Å². The third-order valence-electron chi connectivity index (χ3n) is 4.09. The minimum absolute atomic E-state index is 0.160. The van der Waals surface area contributed by atoms with E-state index in [-0.39, 0.29) is 11.7 Å². The second-order valence-electron chi connectivity index (χ2n) is 5.87. The summed E-state index contributed by atoms with van der Waals surface area (Å²) in [5.74, 6) is 5.90. The van der Waals surface area contributed by atoms with Crippen LogP contribution in [0.1, 0.15) is 29.3 Å². The maximum atomic E-state index is 11.3. The molecule has 1 aromatic carbocycles. The molecule has 0 aliphatic heterocycles. The van der Waals surface area contributed by atoms with Crippen molar-refractivity contribution in [2.24, 2.45) is 21.9 Å². The second kappa shape index (κ2) is 8.19. The molecule has 2 heterocycles. The molecule has 3 rings (SSSR count). The van der Waals surface area contributed by atoms with Crippen LogP contribution >= 0.6 is 0 Å². The molecule has 0 aliphatic rings. The fourth-order valence-corrected chi connectivity index (χ4v) is 2.67. The van der Waals surface area contributed by atoms with Crippen LogP contribution in [0.3, 0.4) is 0 Å². The van der Waals surface area contributed by atoms with Crippen molar-refractivity contribution in [3.05, 3.63) is 76.0 Å². The molecule has 27 heavy (non-hydrogen) atoms. The largest absolute Gasteiger partial charge is 0.382 e. The molecule has 2 aromatic heterocycles. The molecule has 3 aromatic rings. The highest BCUT2D eigenvalue weighted by molar-refractivity contribution is 5.97. The molecule has 0 saturated heterocycles. The third-order valence-corrected chi connectivity index (χ3v) is 4.09. The molecule has 0 amide bonds. The first-order chi connectivity index (χ1) is 13.1. The smallest absolute Gasteiger partial charge is 0.201 e. The van der Waals surface area contributed by atoms with Crippen LogP contribution in [0.5, 0.6) is 0 Å². The van der Waals surface area contributed by atoms with Gasteiger partial charge in [0.05, 0.1) is 5.69 Å². The first-order valence-electron chi connectivity index (χ1n) is 8.40. The van der Waals surface area contributed by atoms with Gasteiger partial charge in [0.2, 0.25) is 5.82 Å². The SMILES string of the molecule is CCc1ccc(Cc2cc(N=O)n(-c3cc(/C(N)=N/NN)ccn3)n2)cc1. The number of pyridine rings is 1. The van der Waals surface area contributed by atoms with Gasteiger partial charge in [-0.2, -0.15) is 9.78 Å². The zero-order valence-corrected chi connectivity index (χ0v) is 14.8. The van der Waals surface area contributed by atoms with Crippen molar-refractivity contribution in [3.63, 3.8) is 0 Å². The lowest BCUT2D eigenvalue weighted by atomic mass is 10.1. The monoisotopic (exact) mass is 364 g/mol. The fraction of sp³-hybridized carbons (Fsp3) is 0.167. The van der Waals surface area contributed by atoms with E-state index in [0.717, 1.165) is 12.0 Å². The molecular formula is C18H20N8O. The van der Waals surface area contributed by atoms with Gasteiger partial charge in [-0.1, -0.05) is 31.2 Å². The first-order valence-corrected chi connectivity index (χ1v) is 8.40. The number of rotatable bonds is 7. The summed E-state index contributed by atoms with van der Waals surface area (Å²) in [4.78, 5) is 15.5. The van der Waals surface area contributed by atoms with Crippen LogP contribution < -0.4 is 17.1 Å². The van der Waals surface area contributed by atoms with Crippen LogP contribution in [0.4, 0.5) is 5.82 Å². The number of hydrogen-bond donors (Lipinski definition) is 3. The van der Waals surface area contributed by atoms with Crippen molar-refractivity contribution < 1.29 is 0 Å². The number of benzene rings is 1. The number of hydrazine groups is 1. The van der Waals surface area contributed by atoms with Gasteiger partial charge in [-0.25, -0.2) is 16.4 Å². The minimum atomic E-state index is 0.160. The van der Waals surface area contributed by atoms with Gasteiger partial charge in [-0.3, -0.25) is 0 Å². The Kier molecular flexibility index (Phi) is 5.53. The van der Waals surface area contributed by atoms with Crippen molar-refractivity contribution in [1.82, 2.24) is 20.3 Å². The number of aryl methyl sites for hydroxylation is 1. The van der Waals surface area contributed by atoms with E-state index in [1.165, 1.54) is 10.2 Å². The van der Waals surface area contributed by atoms with Crippen LogP contribution in [0.15, 0.2) is 58.9 Å². The quantitative estimate of drug-likeness (QED) is 0.192. The predicted molar refractivity (Wildman–Crippen MR) is 103 cm³/mol. The Bertz CT molecular complexity index is 962. The number of hydrogen-bond acceptors (Lipinski definition) is 7. The summed E-state index contributed by atoms with van der Waals surface area (Å²) in [6.07, 6.45) is 3.12. The number of nitrogens with zero attached hydrogens (tertiary/aromatic N) is 5. The number of nitrogens with two attached hydrogens (primary N) is 2. The lowest BCUT2D eigenvalue weighted by Gasteiger charge is -2.05. The van der Waals surface area contributed by atoms with Crippen LogP contribution in [-0.2, 0) is 12.8 Å². The molecule has 0 unspecified atom stereocenters. The van der Waals surface area contributed by atoms with Crippen LogP contribution in [-0.4, -0.2) is 20.6 Å². The summed E-state index contributed by atoms with van der Waals surface area (Å²) in [7, 11) is 0. The normalized spacial score (nSPS) is 11.4. The van der Waals surface area contributed by atoms with E-state index in [9.17, 15) is 4.91 Å². The lowest BCUT2D eigenvalue weighted by Crippen LogP contribution is -2.23. The van der Waals surface area contributed by atoms with Gasteiger partial charge in [0, 0.05) is 24.2 Å². The van der Waals surface area contributed by atoms with Gasteiger partial charge in [-0.05, 0) is 34.9 Å². The molecule has 0 radical (unpaired) electrons. The average molecular weight is 364 g/mol. The maximum absolute atomic E-state index is 11.3. The van der Waals surface area contributed by atoms with E-state index < -0.39 is 0 Å². The van der Waals surface area contributed by atoms with Crippen LogP contribution in [0.25, 0.3) is 5.82 Å². The Balaban J connectivity index is 1.91. The van der Waals surface area contributed by atoms with Gasteiger partial charge < -0.3 is 5.73 Å². The Morgan fingerprint density at radius 1 is 1.19 bits per heavy atom. The lowest BCUT2D eigenvalue weighted by molar-refractivity contribution is 0.802. The highest BCUT2D eigenvalue weighted by Crippen LogP contribution is 2.21. The fourth-order valence-electron chi connectivity index (χ4n) is 2.67. The van der Waals surface area contributed by atoms with Crippen LogP contribution in [0.2, 0.25) is 0 Å². The van der Waals surface area contributed by atoms with Crippen molar-refractivity contribution in [1.29, 1.82) is 0 Å². The second-order valence-corrected chi connectivity index (χ2v) is 5.87. The average Bonchev–Trinajstić information content (AvgIpc) is 3.12. The summed E-state index contributed by atoms with van der Waals surface area (Å²) in [6.45, 7) is 2.11. The third kappa shape index (κ3) is 4.15. The molecule has 0 atom stereocenters. The summed E-state index contributed by atoms with van der Waals surface area (Å²) in [5.41, 5.74) is 11.6. The van der Waals surface area contributed by atoms with E-state index in [0.29, 0.717) is 23.5 Å². The number of nitrogens with one attached hydrogen (secondary N) is 1. The zero-order valence-electron chi connectivity index (χ0n) is 14.8. The van der Waals surface area contributed by atoms with Gasteiger partial charge in [0.25, 0.3) is 0 Å². The molecule has 0 bridgehead atoms. The molecule has 138 valence electrons. The van der Waals surface area contributed by atoms with E-state index in [1.54, 1.807) is 24.4 Å². The van der Waals surface area contributed by atoms with Gasteiger partial charge in [0.15, 0.2) is 11.7 Å². The molecule has 0 saturated carbocycles. The standard InChI is InChI=1S/C18H20N8O/c1-2-12-3-5-13(6-4-12)9-15-11-17(24-27)26(23-15)16-10-14(7-8-21-16)18(19)22-25-20/h3-8,10-11,25H,2,9,20H2,1H3,(H2,19,22). The van der Waals surface area contributed by atoms with Crippen molar-refractivity contribution in [2.45, 2.75) is 19.8 Å². The topological polar surface area (TPSA) is 137 Å². The van der Waals surface area contributed by atoms with Crippen molar-refractivity contribution in [2.75, 3.05) is 0 Å². The molecule has 9 nitrogen and oxygen atoms in total. The Morgan fingerprint density at radius 2 is 1.93 bits per heavy atom. The highest BCUT2D eigenvalue weighted by Gasteiger charge is 2.13. The number of aromatic nitrogens is 3. The maximum Gasteiger partial charge on any atom is 0.201 e. The van der Waals surface area contributed by atoms with Crippen molar-refractivity contribution >= 4 is 11.7 Å². The van der Waals surface area contributed by atoms with E-state index in [1.807, 2.05) is 0 Å². The zero-order chi connectivity index (χ0) is 19.2. The van der Waals surface area contributed by atoms with Gasteiger partial charge >= 0.3 is 0 Å². The highest BCUT2D eigenvalue weighted by atomic mass is 16.3.